The molecule has 0 aliphatic carbocycles. The lowest BCUT2D eigenvalue weighted by atomic mass is 10.2. The van der Waals surface area contributed by atoms with Crippen LogP contribution in [0, 0.1) is 0 Å². The van der Waals surface area contributed by atoms with Gasteiger partial charge >= 0.3 is 0 Å². The van der Waals surface area contributed by atoms with E-state index in [2.05, 4.69) is 6.92 Å². The van der Waals surface area contributed by atoms with Gasteiger partial charge in [0.2, 0.25) is 0 Å². The van der Waals surface area contributed by atoms with Crippen molar-refractivity contribution in [3.8, 4) is 0 Å². The molecule has 3 heteroatoms. The van der Waals surface area contributed by atoms with Crippen molar-refractivity contribution < 1.29 is 9.94 Å². The molecule has 0 saturated carbocycles. The molecule has 0 radical (unpaired) electrons. The minimum atomic E-state index is 0.0475. The van der Waals surface area contributed by atoms with Crippen molar-refractivity contribution in [2.24, 2.45) is 0 Å². The standard InChI is InChI=1S/C14H19NO2/c1-2-3-6-9-17-15-10-12(11-16)13-7-4-5-8-14(13)15/h4-5,7-8,10,16H,2-3,6,9,11H2,1H3. The van der Waals surface area contributed by atoms with Crippen LogP contribution in [0.5, 0.6) is 0 Å². The summed E-state index contributed by atoms with van der Waals surface area (Å²) in [5, 5.41) is 10.4. The predicted molar refractivity (Wildman–Crippen MR) is 68.8 cm³/mol. The van der Waals surface area contributed by atoms with E-state index in [1.807, 2.05) is 30.5 Å². The number of nitrogens with zero attached hydrogens (tertiary/aromatic N) is 1. The Morgan fingerprint density at radius 3 is 2.82 bits per heavy atom. The van der Waals surface area contributed by atoms with Crippen molar-refractivity contribution in [3.63, 3.8) is 0 Å². The molecule has 17 heavy (non-hydrogen) atoms. The van der Waals surface area contributed by atoms with Crippen LogP contribution in [0.15, 0.2) is 30.5 Å². The summed E-state index contributed by atoms with van der Waals surface area (Å²) in [5.41, 5.74) is 1.93. The Labute approximate surface area is 102 Å². The van der Waals surface area contributed by atoms with Crippen LogP contribution in [0.3, 0.4) is 0 Å². The first-order chi connectivity index (χ1) is 8.36. The fourth-order valence-corrected chi connectivity index (χ4v) is 1.97. The molecule has 0 aliphatic rings. The minimum absolute atomic E-state index is 0.0475. The molecule has 0 bridgehead atoms. The van der Waals surface area contributed by atoms with Gasteiger partial charge in [-0.2, -0.15) is 4.73 Å². The molecular weight excluding hydrogens is 214 g/mol. The Balaban J connectivity index is 2.16. The molecule has 0 atom stereocenters. The zero-order valence-electron chi connectivity index (χ0n) is 10.2. The number of unbranched alkanes of at least 4 members (excludes halogenated alkanes) is 2. The summed E-state index contributed by atoms with van der Waals surface area (Å²) in [5.74, 6) is 0. The number of fused-ring (bicyclic) bond motifs is 1. The van der Waals surface area contributed by atoms with Crippen molar-refractivity contribution in [1.82, 2.24) is 4.73 Å². The Morgan fingerprint density at radius 2 is 2.06 bits per heavy atom. The molecule has 1 heterocycles. The van der Waals surface area contributed by atoms with Gasteiger partial charge in [0.1, 0.15) is 6.61 Å². The van der Waals surface area contributed by atoms with E-state index in [9.17, 15) is 5.11 Å². The number of benzene rings is 1. The minimum Gasteiger partial charge on any atom is -0.414 e. The topological polar surface area (TPSA) is 34.4 Å². The molecule has 1 aromatic carbocycles. The van der Waals surface area contributed by atoms with Crippen molar-refractivity contribution in [3.05, 3.63) is 36.0 Å². The Hall–Kier alpha value is -1.48. The van der Waals surface area contributed by atoms with Crippen molar-refractivity contribution in [1.29, 1.82) is 0 Å². The van der Waals surface area contributed by atoms with Gasteiger partial charge in [-0.25, -0.2) is 0 Å². The highest BCUT2D eigenvalue weighted by atomic mass is 16.7. The Kier molecular flexibility index (Phi) is 4.04. The van der Waals surface area contributed by atoms with E-state index >= 15 is 0 Å². The molecule has 3 nitrogen and oxygen atoms in total. The lowest BCUT2D eigenvalue weighted by molar-refractivity contribution is 0.116. The van der Waals surface area contributed by atoms with E-state index in [0.29, 0.717) is 0 Å². The second-order valence-electron chi connectivity index (χ2n) is 4.20. The highest BCUT2D eigenvalue weighted by Gasteiger charge is 2.07. The quantitative estimate of drug-likeness (QED) is 0.778. The molecule has 0 aliphatic heterocycles. The maximum Gasteiger partial charge on any atom is 0.115 e. The number of hydrogen-bond acceptors (Lipinski definition) is 2. The monoisotopic (exact) mass is 233 g/mol. The largest absolute Gasteiger partial charge is 0.414 e. The van der Waals surface area contributed by atoms with E-state index in [-0.39, 0.29) is 6.61 Å². The summed E-state index contributed by atoms with van der Waals surface area (Å²) >= 11 is 0. The van der Waals surface area contributed by atoms with Gasteiger partial charge in [0, 0.05) is 10.9 Å². The third-order valence-electron chi connectivity index (χ3n) is 2.91. The van der Waals surface area contributed by atoms with Crippen LogP contribution in [-0.2, 0) is 6.61 Å². The summed E-state index contributed by atoms with van der Waals surface area (Å²) in [4.78, 5) is 5.71. The first kappa shape index (κ1) is 12.0. The van der Waals surface area contributed by atoms with E-state index < -0.39 is 0 Å². The SMILES string of the molecule is CCCCCOn1cc(CO)c2ccccc21. The van der Waals surface area contributed by atoms with Crippen molar-refractivity contribution in [2.45, 2.75) is 32.8 Å². The second-order valence-corrected chi connectivity index (χ2v) is 4.20. The zero-order valence-corrected chi connectivity index (χ0v) is 10.2. The molecular formula is C14H19NO2. The number of aromatic nitrogens is 1. The molecule has 0 amide bonds. The number of aliphatic hydroxyl groups excluding tert-OH is 1. The molecule has 2 rings (SSSR count). The van der Waals surface area contributed by atoms with E-state index in [1.165, 1.54) is 12.8 Å². The molecule has 1 aromatic heterocycles. The normalized spacial score (nSPS) is 10.9. The van der Waals surface area contributed by atoms with Crippen LogP contribution in [0.25, 0.3) is 10.9 Å². The summed E-state index contributed by atoms with van der Waals surface area (Å²) < 4.78 is 1.77. The van der Waals surface area contributed by atoms with Gasteiger partial charge < -0.3 is 9.94 Å². The van der Waals surface area contributed by atoms with Crippen LogP contribution in [0.2, 0.25) is 0 Å². The average Bonchev–Trinajstić information content (AvgIpc) is 2.73. The van der Waals surface area contributed by atoms with Crippen molar-refractivity contribution >= 4 is 10.9 Å². The van der Waals surface area contributed by atoms with Crippen LogP contribution < -0.4 is 4.84 Å². The van der Waals surface area contributed by atoms with Gasteiger partial charge in [-0.05, 0) is 12.5 Å². The smallest absolute Gasteiger partial charge is 0.115 e. The molecule has 0 saturated heterocycles. The Bertz CT molecular complexity index is 476. The van der Waals surface area contributed by atoms with Crippen LogP contribution in [0.4, 0.5) is 0 Å². The lowest BCUT2D eigenvalue weighted by Crippen LogP contribution is -2.11. The van der Waals surface area contributed by atoms with Gasteiger partial charge in [0.25, 0.3) is 0 Å². The second kappa shape index (κ2) is 5.73. The maximum atomic E-state index is 9.29. The van der Waals surface area contributed by atoms with Crippen LogP contribution in [0.1, 0.15) is 31.7 Å². The van der Waals surface area contributed by atoms with Gasteiger partial charge in [-0.3, -0.25) is 0 Å². The summed E-state index contributed by atoms with van der Waals surface area (Å²) in [6.45, 7) is 2.94. The summed E-state index contributed by atoms with van der Waals surface area (Å²) in [6.07, 6.45) is 5.32. The third kappa shape index (κ3) is 2.61. The number of para-hydroxylation sites is 1. The number of hydrogen-bond donors (Lipinski definition) is 1. The number of aliphatic hydroxyl groups is 1. The fourth-order valence-electron chi connectivity index (χ4n) is 1.97. The van der Waals surface area contributed by atoms with E-state index in [4.69, 9.17) is 4.84 Å². The van der Waals surface area contributed by atoms with Gasteiger partial charge in [0.15, 0.2) is 0 Å². The summed E-state index contributed by atoms with van der Waals surface area (Å²) in [6, 6.07) is 7.97. The van der Waals surface area contributed by atoms with E-state index in [1.54, 1.807) is 4.73 Å². The highest BCUT2D eigenvalue weighted by molar-refractivity contribution is 5.83. The first-order valence-electron chi connectivity index (χ1n) is 6.20. The Morgan fingerprint density at radius 1 is 1.24 bits per heavy atom. The fraction of sp³-hybridized carbons (Fsp3) is 0.429. The zero-order chi connectivity index (χ0) is 12.1. The number of rotatable bonds is 6. The molecule has 0 fully saturated rings. The average molecular weight is 233 g/mol. The first-order valence-corrected chi connectivity index (χ1v) is 6.20. The predicted octanol–water partition coefficient (Wildman–Crippen LogP) is 2.75. The summed E-state index contributed by atoms with van der Waals surface area (Å²) in [7, 11) is 0. The van der Waals surface area contributed by atoms with Gasteiger partial charge in [-0.15, -0.1) is 0 Å². The maximum absolute atomic E-state index is 9.29. The van der Waals surface area contributed by atoms with Crippen LogP contribution in [-0.4, -0.2) is 16.4 Å². The van der Waals surface area contributed by atoms with Crippen molar-refractivity contribution in [2.75, 3.05) is 6.61 Å². The highest BCUT2D eigenvalue weighted by Crippen LogP contribution is 2.20. The van der Waals surface area contributed by atoms with Crippen LogP contribution >= 0.6 is 0 Å². The van der Waals surface area contributed by atoms with Gasteiger partial charge in [0.05, 0.1) is 18.3 Å². The lowest BCUT2D eigenvalue weighted by Gasteiger charge is -2.07. The molecule has 0 spiro atoms. The molecule has 2 aromatic rings. The molecule has 1 N–H and O–H groups in total. The van der Waals surface area contributed by atoms with Gasteiger partial charge in [-0.1, -0.05) is 38.0 Å². The third-order valence-corrected chi connectivity index (χ3v) is 2.91. The van der Waals surface area contributed by atoms with E-state index in [0.717, 1.165) is 29.5 Å². The molecule has 0 unspecified atom stereocenters. The molecule has 92 valence electrons.